The van der Waals surface area contributed by atoms with Crippen LogP contribution in [0.25, 0.3) is 21.7 Å². The molecular weight excluding hydrogens is 490 g/mol. The normalized spacial score (nSPS) is 10.9. The highest BCUT2D eigenvalue weighted by Gasteiger charge is 2.15. The van der Waals surface area contributed by atoms with Gasteiger partial charge in [0.25, 0.3) is 0 Å². The molecule has 5 rings (SSSR count). The van der Waals surface area contributed by atoms with Crippen LogP contribution >= 0.6 is 22.9 Å². The summed E-state index contributed by atoms with van der Waals surface area (Å²) in [5.41, 5.74) is 7.27. The van der Waals surface area contributed by atoms with Crippen LogP contribution in [0.5, 0.6) is 5.75 Å². The average molecular weight is 510 g/mol. The number of benzene rings is 4. The van der Waals surface area contributed by atoms with Crippen molar-refractivity contribution in [2.45, 2.75) is 0 Å². The van der Waals surface area contributed by atoms with Crippen molar-refractivity contribution >= 4 is 40.3 Å². The van der Waals surface area contributed by atoms with Crippen molar-refractivity contribution in [3.8, 4) is 27.4 Å². The van der Waals surface area contributed by atoms with E-state index in [1.807, 2.05) is 48.5 Å². The zero-order valence-electron chi connectivity index (χ0n) is 19.0. The van der Waals surface area contributed by atoms with Crippen molar-refractivity contribution in [1.29, 1.82) is 0 Å². The zero-order chi connectivity index (χ0) is 24.7. The van der Waals surface area contributed by atoms with Crippen LogP contribution in [0.3, 0.4) is 0 Å². The summed E-state index contributed by atoms with van der Waals surface area (Å²) in [6.07, 6.45) is 1.69. The van der Waals surface area contributed by atoms with Crippen LogP contribution in [0.15, 0.2) is 114 Å². The maximum absolute atomic E-state index is 12.3. The lowest BCUT2D eigenvalue weighted by atomic mass is 10.1. The molecule has 36 heavy (non-hydrogen) atoms. The van der Waals surface area contributed by atoms with Crippen LogP contribution in [0.4, 0.5) is 5.13 Å². The number of carbonyl (C=O) groups is 1. The number of halogens is 1. The Morgan fingerprint density at radius 2 is 1.47 bits per heavy atom. The molecule has 1 N–H and O–H groups in total. The second kappa shape index (κ2) is 11.0. The smallest absolute Gasteiger partial charge is 0.345 e. The second-order valence-electron chi connectivity index (χ2n) is 7.74. The summed E-state index contributed by atoms with van der Waals surface area (Å²) in [4.78, 5) is 18.2. The Morgan fingerprint density at radius 1 is 0.833 bits per heavy atom. The van der Waals surface area contributed by atoms with Crippen LogP contribution in [-0.4, -0.2) is 17.2 Å². The minimum Gasteiger partial charge on any atom is -0.423 e. The highest BCUT2D eigenvalue weighted by Crippen LogP contribution is 2.38. The van der Waals surface area contributed by atoms with Gasteiger partial charge in [-0.3, -0.25) is 5.43 Å². The van der Waals surface area contributed by atoms with Crippen LogP contribution in [-0.2, 0) is 0 Å². The third-order valence-corrected chi connectivity index (χ3v) is 6.61. The van der Waals surface area contributed by atoms with Gasteiger partial charge < -0.3 is 4.74 Å². The Bertz CT molecular complexity index is 1440. The molecule has 0 saturated carbocycles. The van der Waals surface area contributed by atoms with Gasteiger partial charge >= 0.3 is 5.97 Å². The third-order valence-electron chi connectivity index (χ3n) is 5.27. The quantitative estimate of drug-likeness (QED) is 0.105. The van der Waals surface area contributed by atoms with E-state index in [1.165, 1.54) is 0 Å². The predicted octanol–water partition coefficient (Wildman–Crippen LogP) is 7.80. The van der Waals surface area contributed by atoms with E-state index in [-0.39, 0.29) is 0 Å². The van der Waals surface area contributed by atoms with Gasteiger partial charge in [-0.15, -0.1) is 0 Å². The number of esters is 1. The number of aromatic nitrogens is 1. The molecule has 0 bridgehead atoms. The van der Waals surface area contributed by atoms with Crippen LogP contribution in [0.1, 0.15) is 15.9 Å². The summed E-state index contributed by atoms with van der Waals surface area (Å²) in [6, 6.07) is 34.1. The van der Waals surface area contributed by atoms with Crippen molar-refractivity contribution in [3.63, 3.8) is 0 Å². The van der Waals surface area contributed by atoms with Crippen molar-refractivity contribution in [1.82, 2.24) is 4.98 Å². The minimum atomic E-state index is -0.504. The molecule has 0 spiro atoms. The molecule has 5 nitrogen and oxygen atoms in total. The molecule has 0 aliphatic heterocycles. The van der Waals surface area contributed by atoms with Gasteiger partial charge in [0.15, 0.2) is 0 Å². The van der Waals surface area contributed by atoms with Gasteiger partial charge in [0.1, 0.15) is 5.75 Å². The molecule has 5 aromatic rings. The van der Waals surface area contributed by atoms with Crippen LogP contribution < -0.4 is 10.2 Å². The highest BCUT2D eigenvalue weighted by molar-refractivity contribution is 7.19. The standard InChI is InChI=1S/C29H20ClN3O2S/c30-25-14-8-7-13-24(25)28(34)35-23-17-15-20(16-18-23)19-31-33-29-32-26(21-9-3-1-4-10-21)27(36-29)22-11-5-2-6-12-22/h1-19H,(H,32,33)/b31-19-. The molecule has 0 aliphatic carbocycles. The number of hydrazone groups is 1. The van der Waals surface area contributed by atoms with E-state index < -0.39 is 5.97 Å². The Hall–Kier alpha value is -4.26. The Morgan fingerprint density at radius 3 is 2.17 bits per heavy atom. The first kappa shape index (κ1) is 23.5. The van der Waals surface area contributed by atoms with Gasteiger partial charge in [-0.25, -0.2) is 9.78 Å². The molecule has 7 heteroatoms. The Labute approximate surface area is 217 Å². The van der Waals surface area contributed by atoms with Crippen molar-refractivity contribution in [2.75, 3.05) is 5.43 Å². The van der Waals surface area contributed by atoms with Crippen molar-refractivity contribution in [3.05, 3.63) is 125 Å². The maximum Gasteiger partial charge on any atom is 0.345 e. The van der Waals surface area contributed by atoms with E-state index in [0.717, 1.165) is 27.3 Å². The fourth-order valence-electron chi connectivity index (χ4n) is 3.52. The summed E-state index contributed by atoms with van der Waals surface area (Å²) in [6.45, 7) is 0. The molecule has 1 aromatic heterocycles. The maximum atomic E-state index is 12.3. The fraction of sp³-hybridized carbons (Fsp3) is 0. The van der Waals surface area contributed by atoms with E-state index in [1.54, 1.807) is 53.9 Å². The number of hydrogen-bond donors (Lipinski definition) is 1. The Balaban J connectivity index is 1.29. The molecule has 0 unspecified atom stereocenters. The second-order valence-corrected chi connectivity index (χ2v) is 9.14. The first-order valence-electron chi connectivity index (χ1n) is 11.1. The SMILES string of the molecule is O=C(Oc1ccc(/C=N\Nc2nc(-c3ccccc3)c(-c3ccccc3)s2)cc1)c1ccccc1Cl. The predicted molar refractivity (Wildman–Crippen MR) is 147 cm³/mol. The number of thiazole rings is 1. The van der Waals surface area contributed by atoms with Gasteiger partial charge in [0, 0.05) is 5.56 Å². The number of hydrogen-bond acceptors (Lipinski definition) is 6. The molecule has 0 fully saturated rings. The van der Waals surface area contributed by atoms with Crippen molar-refractivity contribution in [2.24, 2.45) is 5.10 Å². The van der Waals surface area contributed by atoms with E-state index in [0.29, 0.717) is 21.5 Å². The van der Waals surface area contributed by atoms with Crippen LogP contribution in [0.2, 0.25) is 5.02 Å². The Kier molecular flexibility index (Phi) is 7.17. The molecule has 0 aliphatic rings. The number of rotatable bonds is 7. The van der Waals surface area contributed by atoms with Gasteiger partial charge in [-0.2, -0.15) is 5.10 Å². The fourth-order valence-corrected chi connectivity index (χ4v) is 4.67. The lowest BCUT2D eigenvalue weighted by Crippen LogP contribution is -2.08. The summed E-state index contributed by atoms with van der Waals surface area (Å²) in [7, 11) is 0. The number of carbonyl (C=O) groups excluding carboxylic acids is 1. The number of nitrogens with zero attached hydrogens (tertiary/aromatic N) is 2. The molecule has 0 amide bonds. The van der Waals surface area contributed by atoms with Gasteiger partial charge in [-0.05, 0) is 47.5 Å². The van der Waals surface area contributed by atoms with Gasteiger partial charge in [0.05, 0.1) is 27.4 Å². The third kappa shape index (κ3) is 5.51. The average Bonchev–Trinajstić information content (AvgIpc) is 3.35. The van der Waals surface area contributed by atoms with Gasteiger partial charge in [0.2, 0.25) is 5.13 Å². The van der Waals surface area contributed by atoms with Crippen molar-refractivity contribution < 1.29 is 9.53 Å². The highest BCUT2D eigenvalue weighted by atomic mass is 35.5. The molecular formula is C29H20ClN3O2S. The minimum absolute atomic E-state index is 0.321. The molecule has 0 atom stereocenters. The lowest BCUT2D eigenvalue weighted by Gasteiger charge is -2.05. The molecule has 4 aromatic carbocycles. The number of nitrogens with one attached hydrogen (secondary N) is 1. The van der Waals surface area contributed by atoms with E-state index in [4.69, 9.17) is 21.3 Å². The first-order chi connectivity index (χ1) is 17.7. The largest absolute Gasteiger partial charge is 0.423 e. The summed E-state index contributed by atoms with van der Waals surface area (Å²) in [5, 5.41) is 5.39. The zero-order valence-corrected chi connectivity index (χ0v) is 20.5. The summed E-state index contributed by atoms with van der Waals surface area (Å²) in [5.74, 6) is -0.0825. The molecule has 1 heterocycles. The summed E-state index contributed by atoms with van der Waals surface area (Å²) < 4.78 is 5.42. The van der Waals surface area contributed by atoms with E-state index >= 15 is 0 Å². The monoisotopic (exact) mass is 509 g/mol. The molecule has 0 radical (unpaired) electrons. The van der Waals surface area contributed by atoms with E-state index in [2.05, 4.69) is 34.8 Å². The lowest BCUT2D eigenvalue weighted by molar-refractivity contribution is 0.0735. The number of ether oxygens (including phenoxy) is 1. The molecule has 176 valence electrons. The number of anilines is 1. The van der Waals surface area contributed by atoms with Crippen LogP contribution in [0, 0.1) is 0 Å². The summed E-state index contributed by atoms with van der Waals surface area (Å²) >= 11 is 7.62. The van der Waals surface area contributed by atoms with E-state index in [9.17, 15) is 4.79 Å². The van der Waals surface area contributed by atoms with Gasteiger partial charge in [-0.1, -0.05) is 95.7 Å². The molecule has 0 saturated heterocycles. The first-order valence-corrected chi connectivity index (χ1v) is 12.3. The topological polar surface area (TPSA) is 63.6 Å².